The van der Waals surface area contributed by atoms with Crippen molar-refractivity contribution in [2.75, 3.05) is 13.1 Å². The van der Waals surface area contributed by atoms with Crippen LogP contribution in [0.15, 0.2) is 54.6 Å². The number of nitrogens with zero attached hydrogens (tertiary/aromatic N) is 1. The summed E-state index contributed by atoms with van der Waals surface area (Å²) in [6.07, 6.45) is 7.40. The van der Waals surface area contributed by atoms with Crippen LogP contribution in [-0.4, -0.2) is 29.9 Å². The van der Waals surface area contributed by atoms with Gasteiger partial charge < -0.3 is 5.32 Å². The van der Waals surface area contributed by atoms with E-state index in [1.54, 1.807) is 0 Å². The van der Waals surface area contributed by atoms with Gasteiger partial charge in [-0.15, -0.1) is 6.42 Å². The van der Waals surface area contributed by atoms with Gasteiger partial charge in [-0.3, -0.25) is 15.0 Å². The number of carbonyl (C=O) groups excluding carboxylic acids is 2. The molecule has 138 valence electrons. The summed E-state index contributed by atoms with van der Waals surface area (Å²) in [7, 11) is 0. The fourth-order valence-corrected chi connectivity index (χ4v) is 3.48. The maximum Gasteiger partial charge on any atom is 0.321 e. The maximum absolute atomic E-state index is 12.3. The van der Waals surface area contributed by atoms with Gasteiger partial charge in [-0.05, 0) is 29.5 Å². The van der Waals surface area contributed by atoms with Crippen LogP contribution >= 0.6 is 0 Å². The van der Waals surface area contributed by atoms with Gasteiger partial charge in [-0.2, -0.15) is 0 Å². The minimum atomic E-state index is -0.503. The van der Waals surface area contributed by atoms with Crippen molar-refractivity contribution in [3.63, 3.8) is 0 Å². The second-order valence-corrected chi connectivity index (χ2v) is 6.58. The topological polar surface area (TPSA) is 61.4 Å². The van der Waals surface area contributed by atoms with E-state index in [9.17, 15) is 9.59 Å². The van der Waals surface area contributed by atoms with Crippen LogP contribution in [0.3, 0.4) is 0 Å². The summed E-state index contributed by atoms with van der Waals surface area (Å²) < 4.78 is 0. The number of hydrogen-bond donors (Lipinski definition) is 2. The molecule has 2 N–H and O–H groups in total. The van der Waals surface area contributed by atoms with Crippen molar-refractivity contribution < 1.29 is 9.59 Å². The molecule has 0 saturated carbocycles. The number of carbonyl (C=O) groups is 2. The molecule has 5 nitrogen and oxygen atoms in total. The highest BCUT2D eigenvalue weighted by atomic mass is 16.2. The molecule has 1 aliphatic carbocycles. The van der Waals surface area contributed by atoms with Crippen LogP contribution in [0.25, 0.3) is 0 Å². The van der Waals surface area contributed by atoms with Gasteiger partial charge in [0.15, 0.2) is 0 Å². The van der Waals surface area contributed by atoms with E-state index >= 15 is 0 Å². The van der Waals surface area contributed by atoms with Crippen LogP contribution in [0, 0.1) is 12.3 Å². The van der Waals surface area contributed by atoms with Crippen LogP contribution in [0.4, 0.5) is 4.79 Å². The Labute approximate surface area is 159 Å². The van der Waals surface area contributed by atoms with Crippen LogP contribution in [-0.2, 0) is 17.8 Å². The minimum Gasteiger partial charge on any atom is -0.334 e. The van der Waals surface area contributed by atoms with Crippen molar-refractivity contribution in [1.82, 2.24) is 15.5 Å². The summed E-state index contributed by atoms with van der Waals surface area (Å²) in [5.74, 6) is 2.27. The predicted octanol–water partition coefficient (Wildman–Crippen LogP) is 2.64. The lowest BCUT2D eigenvalue weighted by Gasteiger charge is -2.27. The summed E-state index contributed by atoms with van der Waals surface area (Å²) in [6, 6.07) is 17.4. The number of nitrogens with one attached hydrogen (secondary N) is 2. The second-order valence-electron chi connectivity index (χ2n) is 6.58. The fourth-order valence-electron chi connectivity index (χ4n) is 3.48. The summed E-state index contributed by atoms with van der Waals surface area (Å²) in [4.78, 5) is 26.3. The third-order valence-corrected chi connectivity index (χ3v) is 4.73. The Balaban J connectivity index is 1.55. The molecule has 27 heavy (non-hydrogen) atoms. The van der Waals surface area contributed by atoms with Gasteiger partial charge in [0.2, 0.25) is 5.91 Å². The molecule has 0 saturated heterocycles. The zero-order valence-corrected chi connectivity index (χ0v) is 15.2. The van der Waals surface area contributed by atoms with E-state index in [0.29, 0.717) is 13.1 Å². The molecule has 0 radical (unpaired) electrons. The smallest absolute Gasteiger partial charge is 0.321 e. The summed E-state index contributed by atoms with van der Waals surface area (Å²) in [5, 5.41) is 5.08. The van der Waals surface area contributed by atoms with Crippen LogP contribution < -0.4 is 10.6 Å². The predicted molar refractivity (Wildman–Crippen MR) is 105 cm³/mol. The van der Waals surface area contributed by atoms with Gasteiger partial charge in [-0.25, -0.2) is 4.79 Å². The van der Waals surface area contributed by atoms with Crippen molar-refractivity contribution in [2.45, 2.75) is 25.4 Å². The molecular formula is C22H23N3O2. The van der Waals surface area contributed by atoms with Gasteiger partial charge in [0, 0.05) is 12.6 Å². The number of imide groups is 1. The van der Waals surface area contributed by atoms with E-state index in [1.807, 2.05) is 47.4 Å². The third kappa shape index (κ3) is 4.96. The number of amides is 3. The van der Waals surface area contributed by atoms with E-state index < -0.39 is 6.03 Å². The Morgan fingerprint density at radius 2 is 1.85 bits per heavy atom. The molecule has 0 bridgehead atoms. The largest absolute Gasteiger partial charge is 0.334 e. The van der Waals surface area contributed by atoms with E-state index in [0.717, 1.165) is 18.4 Å². The standard InChI is InChI=1S/C22H23N3O2/c1-2-14-25(20-13-12-18-10-6-7-11-19(18)20)16-21(26)24-22(27)23-15-17-8-4-3-5-9-17/h1,3-11,20H,12-16H2,(H2,23,24,26,27). The Morgan fingerprint density at radius 1 is 1.11 bits per heavy atom. The zero-order valence-electron chi connectivity index (χ0n) is 15.2. The Kier molecular flexibility index (Phi) is 6.24. The number of aryl methyl sites for hydroxylation is 1. The van der Waals surface area contributed by atoms with Crippen molar-refractivity contribution >= 4 is 11.9 Å². The first-order chi connectivity index (χ1) is 13.2. The highest BCUT2D eigenvalue weighted by molar-refractivity contribution is 5.95. The molecule has 0 heterocycles. The molecule has 2 aromatic carbocycles. The monoisotopic (exact) mass is 361 g/mol. The van der Waals surface area contributed by atoms with Crippen molar-refractivity contribution in [2.24, 2.45) is 0 Å². The highest BCUT2D eigenvalue weighted by Gasteiger charge is 2.28. The molecule has 3 rings (SSSR count). The maximum atomic E-state index is 12.3. The SMILES string of the molecule is C#CCN(CC(=O)NC(=O)NCc1ccccc1)C1CCc2ccccc21. The zero-order chi connectivity index (χ0) is 19.1. The third-order valence-electron chi connectivity index (χ3n) is 4.73. The first-order valence-corrected chi connectivity index (χ1v) is 9.04. The van der Waals surface area contributed by atoms with Gasteiger partial charge >= 0.3 is 6.03 Å². The normalized spacial score (nSPS) is 15.0. The number of benzene rings is 2. The average Bonchev–Trinajstić information content (AvgIpc) is 3.11. The lowest BCUT2D eigenvalue weighted by molar-refractivity contribution is -0.121. The lowest BCUT2D eigenvalue weighted by Crippen LogP contribution is -2.45. The molecule has 3 amide bonds. The molecule has 0 aliphatic heterocycles. The van der Waals surface area contributed by atoms with Crippen LogP contribution in [0.5, 0.6) is 0 Å². The summed E-state index contributed by atoms with van der Waals surface area (Å²) in [5.41, 5.74) is 3.48. The van der Waals surface area contributed by atoms with E-state index in [4.69, 9.17) is 6.42 Å². The van der Waals surface area contributed by atoms with Crippen molar-refractivity contribution in [3.8, 4) is 12.3 Å². The number of hydrogen-bond acceptors (Lipinski definition) is 3. The number of fused-ring (bicyclic) bond motifs is 1. The average molecular weight is 361 g/mol. The quantitative estimate of drug-likeness (QED) is 0.778. The molecule has 1 atom stereocenters. The highest BCUT2D eigenvalue weighted by Crippen LogP contribution is 2.35. The molecule has 0 aromatic heterocycles. The van der Waals surface area contributed by atoms with Crippen LogP contribution in [0.2, 0.25) is 0 Å². The summed E-state index contributed by atoms with van der Waals surface area (Å²) >= 11 is 0. The first-order valence-electron chi connectivity index (χ1n) is 9.04. The van der Waals surface area contributed by atoms with Gasteiger partial charge in [-0.1, -0.05) is 60.5 Å². The van der Waals surface area contributed by atoms with E-state index in [-0.39, 0.29) is 18.5 Å². The minimum absolute atomic E-state index is 0.0853. The molecule has 1 unspecified atom stereocenters. The Morgan fingerprint density at radius 3 is 2.63 bits per heavy atom. The van der Waals surface area contributed by atoms with E-state index in [2.05, 4.69) is 28.7 Å². The van der Waals surface area contributed by atoms with Gasteiger partial charge in [0.1, 0.15) is 0 Å². The Bertz CT molecular complexity index is 842. The molecule has 5 heteroatoms. The van der Waals surface area contributed by atoms with Crippen LogP contribution in [0.1, 0.15) is 29.2 Å². The second kappa shape index (κ2) is 9.02. The van der Waals surface area contributed by atoms with Gasteiger partial charge in [0.05, 0.1) is 13.1 Å². The number of rotatable bonds is 6. The van der Waals surface area contributed by atoms with Crippen molar-refractivity contribution in [1.29, 1.82) is 0 Å². The lowest BCUT2D eigenvalue weighted by atomic mass is 10.1. The van der Waals surface area contributed by atoms with Gasteiger partial charge in [0.25, 0.3) is 0 Å². The number of terminal acetylenes is 1. The molecule has 0 spiro atoms. The molecule has 2 aromatic rings. The molecule has 1 aliphatic rings. The fraction of sp³-hybridized carbons (Fsp3) is 0.273. The Hall–Kier alpha value is -3.10. The molecular weight excluding hydrogens is 338 g/mol. The number of urea groups is 1. The first kappa shape index (κ1) is 18.7. The molecule has 0 fully saturated rings. The van der Waals surface area contributed by atoms with Crippen molar-refractivity contribution in [3.05, 3.63) is 71.3 Å². The summed E-state index contributed by atoms with van der Waals surface area (Å²) in [6.45, 7) is 0.810. The van der Waals surface area contributed by atoms with E-state index in [1.165, 1.54) is 11.1 Å².